The molecule has 144 valence electrons. The van der Waals surface area contributed by atoms with Crippen LogP contribution in [-0.4, -0.2) is 35.9 Å². The van der Waals surface area contributed by atoms with Gasteiger partial charge in [-0.25, -0.2) is 4.79 Å². The highest BCUT2D eigenvalue weighted by molar-refractivity contribution is 6.13. The molecule has 1 heterocycles. The van der Waals surface area contributed by atoms with Crippen molar-refractivity contribution in [3.8, 4) is 11.5 Å². The van der Waals surface area contributed by atoms with E-state index in [-0.39, 0.29) is 35.1 Å². The third kappa shape index (κ3) is 3.78. The third-order valence-electron chi connectivity index (χ3n) is 4.13. The van der Waals surface area contributed by atoms with Crippen molar-refractivity contribution in [3.05, 3.63) is 69.4 Å². The molecule has 0 spiro atoms. The number of carbonyl (C=O) groups is 2. The molecule has 1 fully saturated rings. The Morgan fingerprint density at radius 1 is 1.18 bits per heavy atom. The Hall–Kier alpha value is -3.88. The molecule has 3 amide bonds. The van der Waals surface area contributed by atoms with Crippen LogP contribution in [0.2, 0.25) is 0 Å². The molecular weight excluding hydrogens is 366 g/mol. The first-order chi connectivity index (χ1) is 13.4. The number of hydrogen-bond acceptors (Lipinski definition) is 6. The zero-order valence-corrected chi connectivity index (χ0v) is 15.2. The molecule has 0 aromatic heterocycles. The fourth-order valence-corrected chi connectivity index (χ4v) is 2.63. The molecule has 0 aliphatic carbocycles. The Morgan fingerprint density at radius 2 is 1.89 bits per heavy atom. The van der Waals surface area contributed by atoms with Crippen LogP contribution in [0.3, 0.4) is 0 Å². The van der Waals surface area contributed by atoms with Crippen molar-refractivity contribution in [3.63, 3.8) is 0 Å². The highest BCUT2D eigenvalue weighted by Gasteiger charge is 2.31. The van der Waals surface area contributed by atoms with Gasteiger partial charge in [0.15, 0.2) is 11.5 Å². The van der Waals surface area contributed by atoms with Crippen molar-refractivity contribution < 1.29 is 24.0 Å². The molecule has 28 heavy (non-hydrogen) atoms. The molecule has 1 N–H and O–H groups in total. The molecule has 0 saturated carbocycles. The number of nitro benzene ring substituents is 1. The van der Waals surface area contributed by atoms with E-state index in [1.165, 1.54) is 32.4 Å². The van der Waals surface area contributed by atoms with Crippen LogP contribution in [0.25, 0.3) is 6.08 Å². The molecule has 0 atom stereocenters. The molecule has 1 saturated heterocycles. The summed E-state index contributed by atoms with van der Waals surface area (Å²) in [7, 11) is 2.72. The Labute approximate surface area is 160 Å². The zero-order chi connectivity index (χ0) is 20.3. The molecule has 9 nitrogen and oxygen atoms in total. The summed E-state index contributed by atoms with van der Waals surface area (Å²) in [6, 6.07) is 11.3. The first-order valence-corrected chi connectivity index (χ1v) is 8.24. The Morgan fingerprint density at radius 3 is 2.46 bits per heavy atom. The molecule has 1 aliphatic rings. The lowest BCUT2D eigenvalue weighted by Crippen LogP contribution is -2.25. The van der Waals surface area contributed by atoms with Crippen LogP contribution in [0, 0.1) is 10.1 Å². The van der Waals surface area contributed by atoms with Crippen LogP contribution in [0.1, 0.15) is 11.1 Å². The van der Waals surface area contributed by atoms with Crippen LogP contribution < -0.4 is 14.8 Å². The fourth-order valence-electron chi connectivity index (χ4n) is 2.63. The van der Waals surface area contributed by atoms with Gasteiger partial charge < -0.3 is 14.8 Å². The van der Waals surface area contributed by atoms with Crippen LogP contribution in [0.5, 0.6) is 11.5 Å². The standard InChI is InChI=1S/C19H17N3O6/c1-21-18(23)14(20-19(21)24)8-13-9-16(27-2)17(10-15(13)22(25)26)28-11-12-6-4-3-5-7-12/h3-10H,11H2,1-2H3,(H,20,24)/b14-8+. The smallest absolute Gasteiger partial charge is 0.328 e. The van der Waals surface area contributed by atoms with Gasteiger partial charge in [-0.2, -0.15) is 0 Å². The van der Waals surface area contributed by atoms with E-state index in [1.54, 1.807) is 0 Å². The minimum absolute atomic E-state index is 0.0596. The molecule has 2 aromatic rings. The number of rotatable bonds is 6. The monoisotopic (exact) mass is 383 g/mol. The average Bonchev–Trinajstić information content (AvgIpc) is 2.93. The molecule has 0 radical (unpaired) electrons. The van der Waals surface area contributed by atoms with Gasteiger partial charge in [0, 0.05) is 7.05 Å². The van der Waals surface area contributed by atoms with Gasteiger partial charge in [-0.3, -0.25) is 19.8 Å². The van der Waals surface area contributed by atoms with E-state index in [0.717, 1.165) is 10.5 Å². The molecule has 0 bridgehead atoms. The van der Waals surface area contributed by atoms with Crippen molar-refractivity contribution in [1.29, 1.82) is 0 Å². The number of nitro groups is 1. The summed E-state index contributed by atoms with van der Waals surface area (Å²) in [4.78, 5) is 35.4. The van der Waals surface area contributed by atoms with Gasteiger partial charge in [0.25, 0.3) is 11.6 Å². The second-order valence-electron chi connectivity index (χ2n) is 5.95. The number of hydrogen-bond donors (Lipinski definition) is 1. The average molecular weight is 383 g/mol. The van der Waals surface area contributed by atoms with Gasteiger partial charge in [-0.05, 0) is 17.7 Å². The third-order valence-corrected chi connectivity index (χ3v) is 4.13. The molecular formula is C19H17N3O6. The predicted octanol–water partition coefficient (Wildman–Crippen LogP) is 2.70. The van der Waals surface area contributed by atoms with Crippen LogP contribution in [-0.2, 0) is 11.4 Å². The summed E-state index contributed by atoms with van der Waals surface area (Å²) in [5.41, 5.74) is 0.650. The van der Waals surface area contributed by atoms with Gasteiger partial charge >= 0.3 is 6.03 Å². The van der Waals surface area contributed by atoms with Crippen LogP contribution in [0.4, 0.5) is 10.5 Å². The molecule has 9 heteroatoms. The number of carbonyl (C=O) groups excluding carboxylic acids is 2. The van der Waals surface area contributed by atoms with E-state index in [9.17, 15) is 19.7 Å². The summed E-state index contributed by atoms with van der Waals surface area (Å²) >= 11 is 0. The van der Waals surface area contributed by atoms with Gasteiger partial charge in [0.1, 0.15) is 12.3 Å². The maximum atomic E-state index is 12.0. The van der Waals surface area contributed by atoms with Crippen molar-refractivity contribution in [2.45, 2.75) is 6.61 Å². The number of benzene rings is 2. The number of urea groups is 1. The first-order valence-electron chi connectivity index (χ1n) is 8.24. The highest BCUT2D eigenvalue weighted by Crippen LogP contribution is 2.36. The summed E-state index contributed by atoms with van der Waals surface area (Å²) in [5.74, 6) is -0.125. The maximum Gasteiger partial charge on any atom is 0.328 e. The second-order valence-corrected chi connectivity index (χ2v) is 5.95. The number of imide groups is 1. The Balaban J connectivity index is 1.97. The number of methoxy groups -OCH3 is 1. The molecule has 1 aliphatic heterocycles. The number of likely N-dealkylation sites (N-methyl/N-ethyl adjacent to an activating group) is 1. The Kier molecular flexibility index (Phi) is 5.25. The lowest BCUT2D eigenvalue weighted by molar-refractivity contribution is -0.385. The second kappa shape index (κ2) is 7.78. The van der Waals surface area contributed by atoms with E-state index in [1.807, 2.05) is 30.3 Å². The molecule has 0 unspecified atom stereocenters. The van der Waals surface area contributed by atoms with Crippen molar-refractivity contribution in [2.75, 3.05) is 14.2 Å². The minimum Gasteiger partial charge on any atom is -0.493 e. The summed E-state index contributed by atoms with van der Waals surface area (Å²) in [6.45, 7) is 0.203. The normalized spacial score (nSPS) is 14.9. The van der Waals surface area contributed by atoms with Crippen molar-refractivity contribution >= 4 is 23.7 Å². The van der Waals surface area contributed by atoms with E-state index in [4.69, 9.17) is 9.47 Å². The lowest BCUT2D eigenvalue weighted by atomic mass is 10.1. The lowest BCUT2D eigenvalue weighted by Gasteiger charge is -2.12. The number of amides is 3. The topological polar surface area (TPSA) is 111 Å². The predicted molar refractivity (Wildman–Crippen MR) is 99.7 cm³/mol. The number of nitrogens with zero attached hydrogens (tertiary/aromatic N) is 2. The van der Waals surface area contributed by atoms with Gasteiger partial charge in [-0.15, -0.1) is 0 Å². The van der Waals surface area contributed by atoms with E-state index in [0.29, 0.717) is 0 Å². The summed E-state index contributed by atoms with van der Waals surface area (Å²) < 4.78 is 11.0. The highest BCUT2D eigenvalue weighted by atomic mass is 16.6. The summed E-state index contributed by atoms with van der Waals surface area (Å²) in [6.07, 6.45) is 1.24. The zero-order valence-electron chi connectivity index (χ0n) is 15.2. The van der Waals surface area contributed by atoms with E-state index < -0.39 is 16.9 Å². The SMILES string of the molecule is COc1cc(/C=C2/NC(=O)N(C)C2=O)c([N+](=O)[O-])cc1OCc1ccccc1. The van der Waals surface area contributed by atoms with E-state index >= 15 is 0 Å². The van der Waals surface area contributed by atoms with Gasteiger partial charge in [0.05, 0.1) is 23.7 Å². The van der Waals surface area contributed by atoms with Crippen LogP contribution >= 0.6 is 0 Å². The fraction of sp³-hybridized carbons (Fsp3) is 0.158. The minimum atomic E-state index is -0.603. The summed E-state index contributed by atoms with van der Waals surface area (Å²) in [5, 5.41) is 13.9. The quantitative estimate of drug-likeness (QED) is 0.355. The largest absolute Gasteiger partial charge is 0.493 e. The number of ether oxygens (including phenoxy) is 2. The molecule has 2 aromatic carbocycles. The van der Waals surface area contributed by atoms with Crippen LogP contribution in [0.15, 0.2) is 48.2 Å². The maximum absolute atomic E-state index is 12.0. The van der Waals surface area contributed by atoms with Crippen molar-refractivity contribution in [1.82, 2.24) is 10.2 Å². The Bertz CT molecular complexity index is 971. The van der Waals surface area contributed by atoms with Crippen molar-refractivity contribution in [2.24, 2.45) is 0 Å². The first kappa shape index (κ1) is 18.9. The van der Waals surface area contributed by atoms with Gasteiger partial charge in [-0.1, -0.05) is 30.3 Å². The van der Waals surface area contributed by atoms with Gasteiger partial charge in [0.2, 0.25) is 0 Å². The molecule has 3 rings (SSSR count). The van der Waals surface area contributed by atoms with E-state index in [2.05, 4.69) is 5.32 Å². The number of nitrogens with one attached hydrogen (secondary N) is 1.